The minimum atomic E-state index is -0.734. The van der Waals surface area contributed by atoms with Crippen LogP contribution in [0.1, 0.15) is 10.4 Å². The Morgan fingerprint density at radius 3 is 2.54 bits per heavy atom. The van der Waals surface area contributed by atoms with Crippen molar-refractivity contribution in [3.8, 4) is 11.5 Å². The van der Waals surface area contributed by atoms with Gasteiger partial charge >= 0.3 is 0 Å². The third kappa shape index (κ3) is 3.85. The molecule has 0 atom stereocenters. The Balaban J connectivity index is 1.44. The predicted molar refractivity (Wildman–Crippen MR) is 99.3 cm³/mol. The molecule has 2 N–H and O–H groups in total. The first-order valence-corrected chi connectivity index (χ1v) is 8.47. The maximum Gasteiger partial charge on any atom is 0.257 e. The highest BCUT2D eigenvalue weighted by Gasteiger charge is 2.14. The second kappa shape index (κ2) is 7.51. The van der Waals surface area contributed by atoms with Crippen LogP contribution in [-0.2, 0) is 0 Å². The normalized spacial score (nSPS) is 12.4. The van der Waals surface area contributed by atoms with Gasteiger partial charge in [0, 0.05) is 24.0 Å². The number of hydrogen-bond acceptors (Lipinski definition) is 5. The SMILES string of the molecule is O=C(Nc1ccc2c(c1)OCCO2)c1ccc(Nc2ccc(F)cc2F)nc1. The fraction of sp³-hybridized carbons (Fsp3) is 0.100. The van der Waals surface area contributed by atoms with Crippen molar-refractivity contribution in [3.05, 3.63) is 71.9 Å². The van der Waals surface area contributed by atoms with E-state index in [2.05, 4.69) is 15.6 Å². The summed E-state index contributed by atoms with van der Waals surface area (Å²) in [7, 11) is 0. The lowest BCUT2D eigenvalue weighted by atomic mass is 10.2. The topological polar surface area (TPSA) is 72.5 Å². The molecule has 0 spiro atoms. The van der Waals surface area contributed by atoms with Gasteiger partial charge in [-0.25, -0.2) is 13.8 Å². The molecule has 0 saturated heterocycles. The number of aromatic nitrogens is 1. The van der Waals surface area contributed by atoms with E-state index < -0.39 is 11.6 Å². The first-order valence-electron chi connectivity index (χ1n) is 8.47. The molecule has 6 nitrogen and oxygen atoms in total. The number of anilines is 3. The lowest BCUT2D eigenvalue weighted by molar-refractivity contribution is 0.102. The molecule has 142 valence electrons. The molecule has 0 radical (unpaired) electrons. The van der Waals surface area contributed by atoms with Gasteiger partial charge in [-0.2, -0.15) is 0 Å². The van der Waals surface area contributed by atoms with Gasteiger partial charge in [0.1, 0.15) is 30.7 Å². The fourth-order valence-electron chi connectivity index (χ4n) is 2.66. The number of hydrogen-bond donors (Lipinski definition) is 2. The third-order valence-electron chi connectivity index (χ3n) is 4.02. The fourth-order valence-corrected chi connectivity index (χ4v) is 2.66. The van der Waals surface area contributed by atoms with Crippen LogP contribution < -0.4 is 20.1 Å². The molecule has 1 aromatic heterocycles. The lowest BCUT2D eigenvalue weighted by Gasteiger charge is -2.19. The Morgan fingerprint density at radius 2 is 1.79 bits per heavy atom. The minimum Gasteiger partial charge on any atom is -0.486 e. The molecule has 0 saturated carbocycles. The molecule has 0 fully saturated rings. The van der Waals surface area contributed by atoms with Gasteiger partial charge in [0.25, 0.3) is 5.91 Å². The van der Waals surface area contributed by atoms with E-state index in [1.807, 2.05) is 0 Å². The van der Waals surface area contributed by atoms with Gasteiger partial charge in [-0.1, -0.05) is 0 Å². The van der Waals surface area contributed by atoms with Crippen molar-refractivity contribution >= 4 is 23.1 Å². The van der Waals surface area contributed by atoms with Crippen LogP contribution >= 0.6 is 0 Å². The number of amides is 1. The Bertz CT molecular complexity index is 1030. The molecule has 2 aromatic carbocycles. The summed E-state index contributed by atoms with van der Waals surface area (Å²) in [6.45, 7) is 0.948. The monoisotopic (exact) mass is 383 g/mol. The van der Waals surface area contributed by atoms with E-state index in [1.54, 1.807) is 24.3 Å². The molecule has 2 heterocycles. The number of nitrogens with zero attached hydrogens (tertiary/aromatic N) is 1. The molecule has 4 rings (SSSR count). The van der Waals surface area contributed by atoms with Crippen LogP contribution in [-0.4, -0.2) is 24.1 Å². The summed E-state index contributed by atoms with van der Waals surface area (Å²) < 4.78 is 37.6. The molecule has 8 heteroatoms. The Labute approximate surface area is 159 Å². The van der Waals surface area contributed by atoms with Crippen LogP contribution in [0.15, 0.2) is 54.7 Å². The van der Waals surface area contributed by atoms with Crippen molar-refractivity contribution in [3.63, 3.8) is 0 Å². The Kier molecular flexibility index (Phi) is 4.76. The molecule has 1 aliphatic rings. The van der Waals surface area contributed by atoms with Crippen molar-refractivity contribution in [1.82, 2.24) is 4.98 Å². The summed E-state index contributed by atoms with van der Waals surface area (Å²) in [5.41, 5.74) is 0.965. The summed E-state index contributed by atoms with van der Waals surface area (Å²) >= 11 is 0. The zero-order chi connectivity index (χ0) is 19.5. The molecule has 1 aliphatic heterocycles. The van der Waals surface area contributed by atoms with E-state index in [0.717, 1.165) is 12.1 Å². The molecule has 28 heavy (non-hydrogen) atoms. The maximum atomic E-state index is 13.7. The number of benzene rings is 2. The minimum absolute atomic E-state index is 0.0855. The number of carbonyl (C=O) groups is 1. The smallest absolute Gasteiger partial charge is 0.257 e. The average Bonchev–Trinajstić information content (AvgIpc) is 2.70. The summed E-state index contributed by atoms with van der Waals surface area (Å²) in [6, 6.07) is 11.4. The van der Waals surface area contributed by atoms with E-state index in [9.17, 15) is 13.6 Å². The number of pyridine rings is 1. The highest BCUT2D eigenvalue weighted by molar-refractivity contribution is 6.04. The summed E-state index contributed by atoms with van der Waals surface area (Å²) in [4.78, 5) is 16.5. The summed E-state index contributed by atoms with van der Waals surface area (Å²) in [5.74, 6) is -0.230. The molecule has 3 aromatic rings. The van der Waals surface area contributed by atoms with Crippen LogP contribution in [0.4, 0.5) is 26.0 Å². The van der Waals surface area contributed by atoms with Crippen molar-refractivity contribution in [2.24, 2.45) is 0 Å². The van der Waals surface area contributed by atoms with Gasteiger partial charge in [-0.15, -0.1) is 0 Å². The molecule has 0 unspecified atom stereocenters. The summed E-state index contributed by atoms with van der Waals surface area (Å²) in [6.07, 6.45) is 1.36. The molecular formula is C20H15F2N3O3. The number of rotatable bonds is 4. The molecule has 0 aliphatic carbocycles. The average molecular weight is 383 g/mol. The zero-order valence-corrected chi connectivity index (χ0v) is 14.5. The van der Waals surface area contributed by atoms with Gasteiger partial charge in [0.05, 0.1) is 11.3 Å². The number of carbonyl (C=O) groups excluding carboxylic acids is 1. The van der Waals surface area contributed by atoms with E-state index in [1.165, 1.54) is 18.3 Å². The van der Waals surface area contributed by atoms with Crippen LogP contribution in [0, 0.1) is 11.6 Å². The number of ether oxygens (including phenoxy) is 2. The van der Waals surface area contributed by atoms with Crippen molar-refractivity contribution < 1.29 is 23.0 Å². The van der Waals surface area contributed by atoms with Crippen molar-refractivity contribution in [1.29, 1.82) is 0 Å². The van der Waals surface area contributed by atoms with Gasteiger partial charge in [0.2, 0.25) is 0 Å². The predicted octanol–water partition coefficient (Wildman–Crippen LogP) is 4.13. The number of halogens is 2. The quantitative estimate of drug-likeness (QED) is 0.709. The lowest BCUT2D eigenvalue weighted by Crippen LogP contribution is -2.16. The summed E-state index contributed by atoms with van der Waals surface area (Å²) in [5, 5.41) is 5.49. The second-order valence-electron chi connectivity index (χ2n) is 5.99. The Hall–Kier alpha value is -3.68. The van der Waals surface area contributed by atoms with E-state index in [0.29, 0.717) is 41.8 Å². The highest BCUT2D eigenvalue weighted by atomic mass is 19.1. The van der Waals surface area contributed by atoms with Gasteiger partial charge in [-0.05, 0) is 36.4 Å². The van der Waals surface area contributed by atoms with E-state index in [4.69, 9.17) is 9.47 Å². The Morgan fingerprint density at radius 1 is 0.964 bits per heavy atom. The number of nitrogens with one attached hydrogen (secondary N) is 2. The van der Waals surface area contributed by atoms with Gasteiger partial charge in [-0.3, -0.25) is 4.79 Å². The van der Waals surface area contributed by atoms with Gasteiger partial charge in [0.15, 0.2) is 11.5 Å². The first kappa shape index (κ1) is 17.7. The number of fused-ring (bicyclic) bond motifs is 1. The third-order valence-corrected chi connectivity index (χ3v) is 4.02. The maximum absolute atomic E-state index is 13.7. The van der Waals surface area contributed by atoms with Crippen LogP contribution in [0.2, 0.25) is 0 Å². The molecular weight excluding hydrogens is 368 g/mol. The zero-order valence-electron chi connectivity index (χ0n) is 14.5. The standard InChI is InChI=1S/C20H15F2N3O3/c21-13-2-4-16(15(22)9-13)25-19-6-1-12(11-23-19)20(26)24-14-3-5-17-18(10-14)28-8-7-27-17/h1-6,9-11H,7-8H2,(H,23,25)(H,24,26). The van der Waals surface area contributed by atoms with Crippen LogP contribution in [0.3, 0.4) is 0 Å². The van der Waals surface area contributed by atoms with E-state index >= 15 is 0 Å². The van der Waals surface area contributed by atoms with Crippen LogP contribution in [0.5, 0.6) is 11.5 Å². The second-order valence-corrected chi connectivity index (χ2v) is 5.99. The van der Waals surface area contributed by atoms with Crippen molar-refractivity contribution in [2.45, 2.75) is 0 Å². The first-order chi connectivity index (χ1) is 13.6. The van der Waals surface area contributed by atoms with Gasteiger partial charge < -0.3 is 20.1 Å². The highest BCUT2D eigenvalue weighted by Crippen LogP contribution is 2.32. The molecule has 1 amide bonds. The molecule has 0 bridgehead atoms. The largest absolute Gasteiger partial charge is 0.486 e. The van der Waals surface area contributed by atoms with E-state index in [-0.39, 0.29) is 11.6 Å². The van der Waals surface area contributed by atoms with Crippen molar-refractivity contribution in [2.75, 3.05) is 23.8 Å². The van der Waals surface area contributed by atoms with Crippen LogP contribution in [0.25, 0.3) is 0 Å².